The predicted octanol–water partition coefficient (Wildman–Crippen LogP) is 1.81. The van der Waals surface area contributed by atoms with Crippen molar-refractivity contribution in [2.75, 3.05) is 6.54 Å². The molecule has 0 unspecified atom stereocenters. The number of benzene rings is 1. The molecule has 0 spiro atoms. The molecule has 7 nitrogen and oxygen atoms in total. The lowest BCUT2D eigenvalue weighted by Crippen LogP contribution is -2.47. The van der Waals surface area contributed by atoms with Gasteiger partial charge in [-0.25, -0.2) is 14.1 Å². The molecule has 8 heteroatoms. The van der Waals surface area contributed by atoms with E-state index in [0.717, 1.165) is 24.2 Å². The Labute approximate surface area is 156 Å². The monoisotopic (exact) mass is 375 g/mol. The quantitative estimate of drug-likeness (QED) is 0.628. The normalized spacial score (nSPS) is 23.1. The molecule has 2 atom stereocenters. The largest absolute Gasteiger partial charge is 0.350 e. The van der Waals surface area contributed by atoms with Crippen molar-refractivity contribution in [1.82, 2.24) is 15.1 Å². The predicted molar refractivity (Wildman–Crippen MR) is 93.6 cm³/mol. The van der Waals surface area contributed by atoms with Crippen LogP contribution in [0, 0.1) is 11.7 Å². The van der Waals surface area contributed by atoms with Crippen molar-refractivity contribution in [1.29, 1.82) is 0 Å². The Hall–Kier alpha value is -2.77. The lowest BCUT2D eigenvalue weighted by atomic mass is 9.85. The van der Waals surface area contributed by atoms with Gasteiger partial charge in [0.1, 0.15) is 12.4 Å². The fourth-order valence-corrected chi connectivity index (χ4v) is 3.67. The summed E-state index contributed by atoms with van der Waals surface area (Å²) < 4.78 is 13.6. The summed E-state index contributed by atoms with van der Waals surface area (Å²) >= 11 is 0. The van der Waals surface area contributed by atoms with Gasteiger partial charge in [-0.05, 0) is 24.8 Å². The molecule has 0 aromatic heterocycles. The molecule has 3 rings (SSSR count). The first-order chi connectivity index (χ1) is 12.9. The van der Waals surface area contributed by atoms with Crippen LogP contribution in [-0.4, -0.2) is 46.1 Å². The Morgan fingerprint density at radius 1 is 1.15 bits per heavy atom. The smallest absolute Gasteiger partial charge is 0.334 e. The Morgan fingerprint density at radius 3 is 2.56 bits per heavy atom. The molecule has 2 fully saturated rings. The van der Waals surface area contributed by atoms with Crippen LogP contribution in [-0.2, 0) is 20.9 Å². The van der Waals surface area contributed by atoms with Crippen molar-refractivity contribution in [2.45, 2.75) is 45.2 Å². The lowest BCUT2D eigenvalue weighted by molar-refractivity contribution is -0.145. The second kappa shape index (κ2) is 7.85. The van der Waals surface area contributed by atoms with Crippen LogP contribution in [0.2, 0.25) is 0 Å². The molecule has 1 saturated carbocycles. The van der Waals surface area contributed by atoms with E-state index in [1.807, 2.05) is 6.92 Å². The van der Waals surface area contributed by atoms with Gasteiger partial charge in [0.25, 0.3) is 0 Å². The molecule has 1 aromatic rings. The van der Waals surface area contributed by atoms with Crippen molar-refractivity contribution in [2.24, 2.45) is 5.92 Å². The van der Waals surface area contributed by atoms with Gasteiger partial charge >= 0.3 is 17.8 Å². The van der Waals surface area contributed by atoms with E-state index in [2.05, 4.69) is 5.32 Å². The van der Waals surface area contributed by atoms with E-state index in [4.69, 9.17) is 0 Å². The van der Waals surface area contributed by atoms with E-state index in [0.29, 0.717) is 16.9 Å². The van der Waals surface area contributed by atoms with Crippen molar-refractivity contribution in [3.8, 4) is 0 Å². The summed E-state index contributed by atoms with van der Waals surface area (Å²) in [5.41, 5.74) is 0.290. The number of hydrogen-bond acceptors (Lipinski definition) is 4. The van der Waals surface area contributed by atoms with Crippen LogP contribution < -0.4 is 5.32 Å². The molecular formula is C19H22FN3O4. The standard InChI is InChI=1S/C19H22FN3O4/c1-12-6-2-5-9-15(12)23-18(26)17(25)22(19(23)27)11-16(24)21-10-13-7-3-4-8-14(13)20/h3-4,7-8,12,15H,2,5-6,9-11H2,1H3,(H,21,24)/t12-,15-/m1/s1. The third-order valence-corrected chi connectivity index (χ3v) is 5.22. The minimum Gasteiger partial charge on any atom is -0.350 e. The van der Waals surface area contributed by atoms with Gasteiger partial charge in [0, 0.05) is 18.2 Å². The highest BCUT2D eigenvalue weighted by atomic mass is 19.1. The van der Waals surface area contributed by atoms with Gasteiger partial charge in [-0.15, -0.1) is 0 Å². The summed E-state index contributed by atoms with van der Waals surface area (Å²) in [5, 5.41) is 2.47. The zero-order valence-electron chi connectivity index (χ0n) is 15.1. The molecule has 1 saturated heterocycles. The summed E-state index contributed by atoms with van der Waals surface area (Å²) in [6.45, 7) is 1.33. The second-order valence-electron chi connectivity index (χ2n) is 7.05. The van der Waals surface area contributed by atoms with Gasteiger partial charge < -0.3 is 5.32 Å². The van der Waals surface area contributed by atoms with Gasteiger partial charge in [-0.1, -0.05) is 38.0 Å². The number of carbonyl (C=O) groups excluding carboxylic acids is 4. The van der Waals surface area contributed by atoms with Gasteiger partial charge in [0.05, 0.1) is 0 Å². The molecule has 1 N–H and O–H groups in total. The molecule has 2 aliphatic rings. The number of rotatable bonds is 5. The van der Waals surface area contributed by atoms with E-state index < -0.39 is 36.1 Å². The molecule has 0 radical (unpaired) electrons. The zero-order chi connectivity index (χ0) is 19.6. The SMILES string of the molecule is C[C@@H]1CCCC[C@H]1N1C(=O)C(=O)N(CC(=O)NCc2ccccc2F)C1=O. The lowest BCUT2D eigenvalue weighted by Gasteiger charge is -2.34. The minimum absolute atomic E-state index is 0.0704. The third-order valence-electron chi connectivity index (χ3n) is 5.22. The first-order valence-corrected chi connectivity index (χ1v) is 9.09. The van der Waals surface area contributed by atoms with Crippen LogP contribution in [0.4, 0.5) is 9.18 Å². The Morgan fingerprint density at radius 2 is 1.85 bits per heavy atom. The maximum atomic E-state index is 13.6. The van der Waals surface area contributed by atoms with Crippen molar-refractivity contribution >= 4 is 23.8 Å². The first kappa shape index (κ1) is 19.0. The van der Waals surface area contributed by atoms with Crippen LogP contribution >= 0.6 is 0 Å². The molecular weight excluding hydrogens is 353 g/mol. The average Bonchev–Trinajstić information content (AvgIpc) is 2.85. The number of hydrogen-bond donors (Lipinski definition) is 1. The summed E-state index contributed by atoms with van der Waals surface area (Å²) in [4.78, 5) is 50.9. The van der Waals surface area contributed by atoms with Gasteiger partial charge in [-0.2, -0.15) is 0 Å². The number of amides is 5. The molecule has 1 aliphatic carbocycles. The molecule has 5 amide bonds. The van der Waals surface area contributed by atoms with Crippen LogP contribution in [0.15, 0.2) is 24.3 Å². The summed E-state index contributed by atoms with van der Waals surface area (Å²) in [6, 6.07) is 4.92. The van der Waals surface area contributed by atoms with Gasteiger partial charge in [0.2, 0.25) is 5.91 Å². The molecule has 144 valence electrons. The second-order valence-corrected chi connectivity index (χ2v) is 7.05. The highest BCUT2D eigenvalue weighted by Gasteiger charge is 2.49. The maximum Gasteiger partial charge on any atom is 0.334 e. The zero-order valence-corrected chi connectivity index (χ0v) is 15.1. The Balaban J connectivity index is 1.63. The van der Waals surface area contributed by atoms with Crippen LogP contribution in [0.1, 0.15) is 38.2 Å². The number of nitrogens with zero attached hydrogens (tertiary/aromatic N) is 2. The van der Waals surface area contributed by atoms with E-state index in [1.54, 1.807) is 6.07 Å². The van der Waals surface area contributed by atoms with Crippen molar-refractivity contribution in [3.63, 3.8) is 0 Å². The van der Waals surface area contributed by atoms with Crippen LogP contribution in [0.25, 0.3) is 0 Å². The summed E-state index contributed by atoms with van der Waals surface area (Å²) in [5.74, 6) is -2.83. The Bertz CT molecular complexity index is 782. The van der Waals surface area contributed by atoms with Crippen molar-refractivity contribution in [3.05, 3.63) is 35.6 Å². The molecule has 1 aromatic carbocycles. The Kier molecular flexibility index (Phi) is 5.53. The topological polar surface area (TPSA) is 86.8 Å². The van der Waals surface area contributed by atoms with Gasteiger partial charge in [0.15, 0.2) is 0 Å². The van der Waals surface area contributed by atoms with E-state index in [-0.39, 0.29) is 18.5 Å². The minimum atomic E-state index is -0.987. The molecule has 27 heavy (non-hydrogen) atoms. The summed E-state index contributed by atoms with van der Waals surface area (Å²) in [7, 11) is 0. The highest BCUT2D eigenvalue weighted by Crippen LogP contribution is 2.31. The van der Waals surface area contributed by atoms with E-state index in [1.165, 1.54) is 18.2 Å². The number of carbonyl (C=O) groups is 4. The maximum absolute atomic E-state index is 13.6. The van der Waals surface area contributed by atoms with Crippen LogP contribution in [0.5, 0.6) is 0 Å². The van der Waals surface area contributed by atoms with Crippen LogP contribution in [0.3, 0.4) is 0 Å². The first-order valence-electron chi connectivity index (χ1n) is 9.09. The molecule has 1 aliphatic heterocycles. The fraction of sp³-hybridized carbons (Fsp3) is 0.474. The number of imide groups is 2. The van der Waals surface area contributed by atoms with Gasteiger partial charge in [-0.3, -0.25) is 19.3 Å². The van der Waals surface area contributed by atoms with Crippen molar-refractivity contribution < 1.29 is 23.6 Å². The van der Waals surface area contributed by atoms with E-state index >= 15 is 0 Å². The highest BCUT2D eigenvalue weighted by molar-refractivity contribution is 6.45. The number of nitrogens with one attached hydrogen (secondary N) is 1. The number of halogens is 1. The fourth-order valence-electron chi connectivity index (χ4n) is 3.67. The summed E-state index contributed by atoms with van der Waals surface area (Å²) in [6.07, 6.45) is 3.48. The average molecular weight is 375 g/mol. The molecule has 1 heterocycles. The third kappa shape index (κ3) is 3.84. The number of urea groups is 1. The molecule has 0 bridgehead atoms. The van der Waals surface area contributed by atoms with E-state index in [9.17, 15) is 23.6 Å².